The molecule has 2 atom stereocenters. The van der Waals surface area contributed by atoms with Crippen LogP contribution in [0.5, 0.6) is 0 Å². The molecule has 0 aliphatic carbocycles. The molecule has 0 amide bonds. The second kappa shape index (κ2) is 11.6. The van der Waals surface area contributed by atoms with Crippen molar-refractivity contribution in [3.63, 3.8) is 0 Å². The highest BCUT2D eigenvalue weighted by atomic mass is 15.2. The molecule has 0 bridgehead atoms. The fourth-order valence-electron chi connectivity index (χ4n) is 2.40. The summed E-state index contributed by atoms with van der Waals surface area (Å²) in [6, 6.07) is 0.678. The molecule has 0 rings (SSSR count). The van der Waals surface area contributed by atoms with Gasteiger partial charge in [-0.2, -0.15) is 0 Å². The van der Waals surface area contributed by atoms with Crippen LogP contribution in [0.1, 0.15) is 67.7 Å². The normalized spacial score (nSPS) is 15.3. The van der Waals surface area contributed by atoms with Crippen molar-refractivity contribution in [3.8, 4) is 0 Å². The topological polar surface area (TPSA) is 15.3 Å². The molecule has 0 fully saturated rings. The monoisotopic (exact) mass is 284 g/mol. The third kappa shape index (κ3) is 9.77. The van der Waals surface area contributed by atoms with E-state index in [4.69, 9.17) is 0 Å². The molecule has 0 aliphatic heterocycles. The molecular weight excluding hydrogens is 244 g/mol. The van der Waals surface area contributed by atoms with E-state index in [1.54, 1.807) is 0 Å². The third-order valence-corrected chi connectivity index (χ3v) is 4.28. The number of nitrogens with zero attached hydrogens (tertiary/aromatic N) is 1. The fraction of sp³-hybridized carbons (Fsp3) is 1.00. The van der Waals surface area contributed by atoms with Crippen LogP contribution in [0.2, 0.25) is 0 Å². The maximum Gasteiger partial charge on any atom is 0.0105 e. The maximum absolute atomic E-state index is 3.57. The van der Waals surface area contributed by atoms with E-state index in [0.717, 1.165) is 30.8 Å². The van der Waals surface area contributed by atoms with Crippen molar-refractivity contribution in [1.82, 2.24) is 10.2 Å². The van der Waals surface area contributed by atoms with E-state index >= 15 is 0 Å². The van der Waals surface area contributed by atoms with Gasteiger partial charge in [-0.1, -0.05) is 41.5 Å². The Labute approximate surface area is 128 Å². The van der Waals surface area contributed by atoms with E-state index in [1.165, 1.54) is 32.4 Å². The van der Waals surface area contributed by atoms with Crippen molar-refractivity contribution in [2.24, 2.45) is 17.8 Å². The van der Waals surface area contributed by atoms with E-state index in [0.29, 0.717) is 6.04 Å². The van der Waals surface area contributed by atoms with Gasteiger partial charge in [-0.15, -0.1) is 0 Å². The average Bonchev–Trinajstić information content (AvgIpc) is 2.37. The van der Waals surface area contributed by atoms with Gasteiger partial charge in [0.25, 0.3) is 0 Å². The Kier molecular flexibility index (Phi) is 11.5. The Morgan fingerprint density at radius 1 is 0.850 bits per heavy atom. The molecule has 20 heavy (non-hydrogen) atoms. The van der Waals surface area contributed by atoms with Crippen molar-refractivity contribution < 1.29 is 0 Å². The summed E-state index contributed by atoms with van der Waals surface area (Å²) in [4.78, 5) is 2.72. The summed E-state index contributed by atoms with van der Waals surface area (Å²) in [6.45, 7) is 21.2. The van der Waals surface area contributed by atoms with Crippen LogP contribution in [0.3, 0.4) is 0 Å². The zero-order chi connectivity index (χ0) is 15.5. The van der Waals surface area contributed by atoms with Crippen LogP contribution in [-0.4, -0.2) is 37.1 Å². The van der Waals surface area contributed by atoms with Crippen LogP contribution in [0.25, 0.3) is 0 Å². The number of hydrogen-bond acceptors (Lipinski definition) is 2. The van der Waals surface area contributed by atoms with Gasteiger partial charge in [0.05, 0.1) is 0 Å². The number of rotatable bonds is 12. The van der Waals surface area contributed by atoms with Gasteiger partial charge in [0.2, 0.25) is 0 Å². The van der Waals surface area contributed by atoms with Crippen molar-refractivity contribution in [2.75, 3.05) is 26.2 Å². The molecule has 0 aromatic heterocycles. The SMILES string of the molecule is CCCNCC(C)C(C)N(CCC(C)C)CCC(C)C. The van der Waals surface area contributed by atoms with E-state index in [-0.39, 0.29) is 0 Å². The lowest BCUT2D eigenvalue weighted by Gasteiger charge is -2.34. The van der Waals surface area contributed by atoms with Crippen LogP contribution in [0, 0.1) is 17.8 Å². The van der Waals surface area contributed by atoms with Crippen LogP contribution in [-0.2, 0) is 0 Å². The minimum absolute atomic E-state index is 0.678. The molecule has 1 N–H and O–H groups in total. The second-order valence-electron chi connectivity index (χ2n) is 7.32. The Hall–Kier alpha value is -0.0800. The molecule has 2 nitrogen and oxygen atoms in total. The highest BCUT2D eigenvalue weighted by Gasteiger charge is 2.20. The molecule has 122 valence electrons. The molecule has 0 radical (unpaired) electrons. The van der Waals surface area contributed by atoms with Gasteiger partial charge in [0, 0.05) is 6.04 Å². The molecule has 0 heterocycles. The lowest BCUT2D eigenvalue weighted by Crippen LogP contribution is -2.43. The molecule has 0 saturated carbocycles. The standard InChI is InChI=1S/C18H40N2/c1-8-11-19-14-17(6)18(7)20(12-9-15(2)3)13-10-16(4)5/h15-19H,8-14H2,1-7H3. The zero-order valence-electron chi connectivity index (χ0n) is 15.2. The summed E-state index contributed by atoms with van der Waals surface area (Å²) in [5.74, 6) is 2.33. The first-order valence-electron chi connectivity index (χ1n) is 8.83. The predicted octanol–water partition coefficient (Wildman–Crippen LogP) is 4.40. The maximum atomic E-state index is 3.57. The zero-order valence-corrected chi connectivity index (χ0v) is 15.2. The predicted molar refractivity (Wildman–Crippen MR) is 92.3 cm³/mol. The molecule has 0 aromatic rings. The first-order chi connectivity index (χ1) is 9.38. The quantitative estimate of drug-likeness (QED) is 0.534. The molecule has 0 saturated heterocycles. The number of hydrogen-bond donors (Lipinski definition) is 1. The fourth-order valence-corrected chi connectivity index (χ4v) is 2.40. The van der Waals surface area contributed by atoms with Crippen LogP contribution in [0.15, 0.2) is 0 Å². The van der Waals surface area contributed by atoms with Gasteiger partial charge in [-0.05, 0) is 70.1 Å². The minimum atomic E-state index is 0.678. The van der Waals surface area contributed by atoms with Gasteiger partial charge in [-0.25, -0.2) is 0 Å². The lowest BCUT2D eigenvalue weighted by molar-refractivity contribution is 0.144. The average molecular weight is 285 g/mol. The summed E-state index contributed by atoms with van der Waals surface area (Å²) >= 11 is 0. The van der Waals surface area contributed by atoms with Crippen molar-refractivity contribution in [3.05, 3.63) is 0 Å². The summed E-state index contributed by atoms with van der Waals surface area (Å²) < 4.78 is 0. The van der Waals surface area contributed by atoms with Crippen molar-refractivity contribution in [1.29, 1.82) is 0 Å². The Balaban J connectivity index is 4.31. The van der Waals surface area contributed by atoms with Gasteiger partial charge < -0.3 is 10.2 Å². The second-order valence-corrected chi connectivity index (χ2v) is 7.32. The minimum Gasteiger partial charge on any atom is -0.316 e. The Morgan fingerprint density at radius 2 is 1.35 bits per heavy atom. The Morgan fingerprint density at radius 3 is 1.75 bits per heavy atom. The largest absolute Gasteiger partial charge is 0.316 e. The highest BCUT2D eigenvalue weighted by Crippen LogP contribution is 2.15. The smallest absolute Gasteiger partial charge is 0.0105 e. The van der Waals surface area contributed by atoms with E-state index in [1.807, 2.05) is 0 Å². The third-order valence-electron chi connectivity index (χ3n) is 4.28. The molecule has 0 aromatic carbocycles. The van der Waals surface area contributed by atoms with E-state index in [9.17, 15) is 0 Å². The van der Waals surface area contributed by atoms with E-state index in [2.05, 4.69) is 58.7 Å². The molecule has 0 spiro atoms. The number of nitrogens with one attached hydrogen (secondary N) is 1. The summed E-state index contributed by atoms with van der Waals surface area (Å²) in [5, 5.41) is 3.57. The molecular formula is C18H40N2. The van der Waals surface area contributed by atoms with Gasteiger partial charge in [-0.3, -0.25) is 0 Å². The molecule has 2 unspecified atom stereocenters. The van der Waals surface area contributed by atoms with Crippen LogP contribution >= 0.6 is 0 Å². The summed E-state index contributed by atoms with van der Waals surface area (Å²) in [6.07, 6.45) is 3.86. The highest BCUT2D eigenvalue weighted by molar-refractivity contribution is 4.75. The van der Waals surface area contributed by atoms with Gasteiger partial charge in [0.15, 0.2) is 0 Å². The Bertz CT molecular complexity index is 201. The first kappa shape index (κ1) is 19.9. The summed E-state index contributed by atoms with van der Waals surface area (Å²) in [5.41, 5.74) is 0. The molecule has 2 heteroatoms. The summed E-state index contributed by atoms with van der Waals surface area (Å²) in [7, 11) is 0. The van der Waals surface area contributed by atoms with Crippen LogP contribution < -0.4 is 5.32 Å². The van der Waals surface area contributed by atoms with Crippen molar-refractivity contribution >= 4 is 0 Å². The van der Waals surface area contributed by atoms with Gasteiger partial charge in [0.1, 0.15) is 0 Å². The first-order valence-corrected chi connectivity index (χ1v) is 8.83. The lowest BCUT2D eigenvalue weighted by atomic mass is 9.99. The van der Waals surface area contributed by atoms with Crippen LogP contribution in [0.4, 0.5) is 0 Å². The van der Waals surface area contributed by atoms with Crippen molar-refractivity contribution in [2.45, 2.75) is 73.8 Å². The van der Waals surface area contributed by atoms with Gasteiger partial charge >= 0.3 is 0 Å². The van der Waals surface area contributed by atoms with E-state index < -0.39 is 0 Å². The molecule has 0 aliphatic rings.